The van der Waals surface area contributed by atoms with Crippen LogP contribution in [-0.4, -0.2) is 44.4 Å². The van der Waals surface area contributed by atoms with Crippen LogP contribution in [0, 0.1) is 27.7 Å². The SMILES string of the molecule is Cc1noc(C)c1-c1nccn1-c1c(C)nn(C2CCS(=O)(=O)C2)c1C. The van der Waals surface area contributed by atoms with Gasteiger partial charge in [0.1, 0.15) is 11.6 Å². The molecule has 0 aromatic carbocycles. The van der Waals surface area contributed by atoms with Crippen LogP contribution in [0.4, 0.5) is 0 Å². The fourth-order valence-electron chi connectivity index (χ4n) is 3.80. The normalized spacial score (nSPS) is 19.3. The molecule has 1 fully saturated rings. The minimum absolute atomic E-state index is 0.113. The van der Waals surface area contributed by atoms with Crippen molar-refractivity contribution in [1.29, 1.82) is 0 Å². The molecule has 3 aromatic rings. The highest BCUT2D eigenvalue weighted by Gasteiger charge is 2.32. The minimum atomic E-state index is -2.97. The van der Waals surface area contributed by atoms with Gasteiger partial charge in [-0.1, -0.05) is 5.16 Å². The lowest BCUT2D eigenvalue weighted by atomic mass is 10.2. The van der Waals surface area contributed by atoms with E-state index >= 15 is 0 Å². The number of sulfone groups is 1. The molecule has 0 aliphatic carbocycles. The Morgan fingerprint density at radius 2 is 1.96 bits per heavy atom. The molecule has 3 aromatic heterocycles. The van der Waals surface area contributed by atoms with Gasteiger partial charge in [0, 0.05) is 12.4 Å². The van der Waals surface area contributed by atoms with E-state index in [2.05, 4.69) is 15.2 Å². The lowest BCUT2D eigenvalue weighted by Crippen LogP contribution is -2.14. The van der Waals surface area contributed by atoms with Crippen molar-refractivity contribution >= 4 is 9.84 Å². The van der Waals surface area contributed by atoms with Gasteiger partial charge >= 0.3 is 0 Å². The number of hydrogen-bond acceptors (Lipinski definition) is 6. The Kier molecular flexibility index (Phi) is 3.80. The van der Waals surface area contributed by atoms with Crippen molar-refractivity contribution in [3.8, 4) is 17.1 Å². The van der Waals surface area contributed by atoms with Crippen molar-refractivity contribution in [3.05, 3.63) is 35.2 Å². The third-order valence-electron chi connectivity index (χ3n) is 4.98. The van der Waals surface area contributed by atoms with Crippen LogP contribution in [0.15, 0.2) is 16.9 Å². The third-order valence-corrected chi connectivity index (χ3v) is 6.73. The zero-order valence-electron chi connectivity index (χ0n) is 15.2. The standard InChI is InChI=1S/C17H21N5O3S/c1-10-15(13(4)25-20-10)17-18-6-7-21(17)16-11(2)19-22(12(16)3)14-5-8-26(23,24)9-14/h6-7,14H,5,8-9H2,1-4H3. The molecule has 0 spiro atoms. The number of aryl methyl sites for hydroxylation is 3. The summed E-state index contributed by atoms with van der Waals surface area (Å²) in [5.74, 6) is 1.82. The van der Waals surface area contributed by atoms with E-state index in [1.54, 1.807) is 6.20 Å². The maximum atomic E-state index is 11.9. The van der Waals surface area contributed by atoms with Gasteiger partial charge in [0.2, 0.25) is 0 Å². The lowest BCUT2D eigenvalue weighted by molar-refractivity contribution is 0.393. The van der Waals surface area contributed by atoms with E-state index in [4.69, 9.17) is 4.52 Å². The van der Waals surface area contributed by atoms with Crippen LogP contribution in [0.25, 0.3) is 17.1 Å². The second-order valence-corrected chi connectivity index (χ2v) is 9.07. The second-order valence-electron chi connectivity index (χ2n) is 6.84. The zero-order chi connectivity index (χ0) is 18.6. The van der Waals surface area contributed by atoms with Crippen LogP contribution < -0.4 is 0 Å². The van der Waals surface area contributed by atoms with Gasteiger partial charge in [0.15, 0.2) is 9.84 Å². The van der Waals surface area contributed by atoms with Crippen LogP contribution in [-0.2, 0) is 9.84 Å². The smallest absolute Gasteiger partial charge is 0.152 e. The molecule has 4 heterocycles. The average Bonchev–Trinajstić information content (AvgIpc) is 3.29. The summed E-state index contributed by atoms with van der Waals surface area (Å²) >= 11 is 0. The molecule has 0 amide bonds. The Morgan fingerprint density at radius 3 is 2.58 bits per heavy atom. The van der Waals surface area contributed by atoms with Crippen LogP contribution in [0.2, 0.25) is 0 Å². The number of nitrogens with zero attached hydrogens (tertiary/aromatic N) is 5. The summed E-state index contributed by atoms with van der Waals surface area (Å²) in [6.45, 7) is 7.65. The molecule has 4 rings (SSSR count). The molecule has 1 aliphatic heterocycles. The van der Waals surface area contributed by atoms with E-state index in [1.165, 1.54) is 0 Å². The van der Waals surface area contributed by atoms with Crippen molar-refractivity contribution < 1.29 is 12.9 Å². The van der Waals surface area contributed by atoms with E-state index in [-0.39, 0.29) is 17.5 Å². The quantitative estimate of drug-likeness (QED) is 0.697. The highest BCUT2D eigenvalue weighted by atomic mass is 32.2. The molecule has 26 heavy (non-hydrogen) atoms. The second kappa shape index (κ2) is 5.80. The molecule has 9 heteroatoms. The van der Waals surface area contributed by atoms with Crippen LogP contribution >= 0.6 is 0 Å². The average molecular weight is 375 g/mol. The molecule has 8 nitrogen and oxygen atoms in total. The topological polar surface area (TPSA) is 95.8 Å². The molecule has 0 radical (unpaired) electrons. The molecule has 0 bridgehead atoms. The summed E-state index contributed by atoms with van der Waals surface area (Å²) in [7, 11) is -2.97. The predicted octanol–water partition coefficient (Wildman–Crippen LogP) is 2.32. The number of hydrogen-bond donors (Lipinski definition) is 0. The molecule has 1 unspecified atom stereocenters. The molecular formula is C17H21N5O3S. The summed E-state index contributed by atoms with van der Waals surface area (Å²) in [6, 6.07) is -0.113. The first kappa shape index (κ1) is 17.0. The predicted molar refractivity (Wildman–Crippen MR) is 96.1 cm³/mol. The highest BCUT2D eigenvalue weighted by Crippen LogP contribution is 2.32. The van der Waals surface area contributed by atoms with E-state index in [1.807, 2.05) is 43.1 Å². The van der Waals surface area contributed by atoms with Gasteiger partial charge in [-0.2, -0.15) is 5.10 Å². The fourth-order valence-corrected chi connectivity index (χ4v) is 5.49. The Bertz CT molecular complexity index is 1070. The summed E-state index contributed by atoms with van der Waals surface area (Å²) in [5.41, 5.74) is 4.32. The van der Waals surface area contributed by atoms with Crippen molar-refractivity contribution in [1.82, 2.24) is 24.5 Å². The van der Waals surface area contributed by atoms with E-state index < -0.39 is 9.84 Å². The minimum Gasteiger partial charge on any atom is -0.361 e. The number of aromatic nitrogens is 5. The van der Waals surface area contributed by atoms with Gasteiger partial charge in [-0.25, -0.2) is 13.4 Å². The molecule has 0 N–H and O–H groups in total. The van der Waals surface area contributed by atoms with Crippen molar-refractivity contribution in [2.24, 2.45) is 0 Å². The maximum Gasteiger partial charge on any atom is 0.152 e. The van der Waals surface area contributed by atoms with E-state index in [0.717, 1.165) is 34.2 Å². The molecular weight excluding hydrogens is 354 g/mol. The molecule has 138 valence electrons. The van der Waals surface area contributed by atoms with Gasteiger partial charge in [-0.3, -0.25) is 9.25 Å². The zero-order valence-corrected chi connectivity index (χ0v) is 16.0. The summed E-state index contributed by atoms with van der Waals surface area (Å²) in [6.07, 6.45) is 4.22. The van der Waals surface area contributed by atoms with Gasteiger partial charge in [-0.15, -0.1) is 0 Å². The van der Waals surface area contributed by atoms with Gasteiger partial charge < -0.3 is 4.52 Å². The number of imidazole rings is 1. The summed E-state index contributed by atoms with van der Waals surface area (Å²) in [4.78, 5) is 4.50. The first-order chi connectivity index (χ1) is 12.3. The van der Waals surface area contributed by atoms with Crippen LogP contribution in [0.1, 0.15) is 35.3 Å². The molecule has 1 saturated heterocycles. The van der Waals surface area contributed by atoms with Gasteiger partial charge in [0.25, 0.3) is 0 Å². The van der Waals surface area contributed by atoms with Gasteiger partial charge in [-0.05, 0) is 34.1 Å². The first-order valence-corrected chi connectivity index (χ1v) is 10.3. The molecule has 1 atom stereocenters. The van der Waals surface area contributed by atoms with Crippen LogP contribution in [0.3, 0.4) is 0 Å². The largest absolute Gasteiger partial charge is 0.361 e. The van der Waals surface area contributed by atoms with E-state index in [0.29, 0.717) is 12.2 Å². The highest BCUT2D eigenvalue weighted by molar-refractivity contribution is 7.91. The maximum absolute atomic E-state index is 11.9. The van der Waals surface area contributed by atoms with E-state index in [9.17, 15) is 8.42 Å². The summed E-state index contributed by atoms with van der Waals surface area (Å²) in [5, 5.41) is 8.67. The van der Waals surface area contributed by atoms with Gasteiger partial charge in [0.05, 0.1) is 45.9 Å². The molecule has 1 aliphatic rings. The Morgan fingerprint density at radius 1 is 1.19 bits per heavy atom. The Hall–Kier alpha value is -2.42. The first-order valence-electron chi connectivity index (χ1n) is 8.51. The lowest BCUT2D eigenvalue weighted by Gasteiger charge is -2.12. The summed E-state index contributed by atoms with van der Waals surface area (Å²) < 4.78 is 32.8. The Labute approximate surface area is 151 Å². The van der Waals surface area contributed by atoms with Crippen molar-refractivity contribution in [2.75, 3.05) is 11.5 Å². The van der Waals surface area contributed by atoms with Crippen LogP contribution in [0.5, 0.6) is 0 Å². The van der Waals surface area contributed by atoms with Crippen molar-refractivity contribution in [3.63, 3.8) is 0 Å². The number of rotatable bonds is 3. The molecule has 0 saturated carbocycles. The fraction of sp³-hybridized carbons (Fsp3) is 0.471. The third kappa shape index (κ3) is 2.57. The van der Waals surface area contributed by atoms with Crippen molar-refractivity contribution in [2.45, 2.75) is 40.2 Å². The Balaban J connectivity index is 1.83. The monoisotopic (exact) mass is 375 g/mol.